The predicted molar refractivity (Wildman–Crippen MR) is 149 cm³/mol. The standard InChI is InChI=1S/C28H27N3O7S2/c1-36-18-9-8-16(14-19(18)37-2)21-22-23(26(34)31(25(22)33)17-6-4-3-5-7-17)39-27-24(21)40-28(35)30(27)15-20(32)29-10-12-38-13-11-29/h3-9,14,21-23H,10-13,15H2,1-2H3/t21-,22?,23?/m1/s1. The normalized spacial score (nSPS) is 22.2. The first-order valence-electron chi connectivity index (χ1n) is 12.8. The van der Waals surface area contributed by atoms with Gasteiger partial charge < -0.3 is 19.1 Å². The van der Waals surface area contributed by atoms with Crippen LogP contribution >= 0.6 is 23.1 Å². The number of fused-ring (bicyclic) bond motifs is 2. The molecule has 6 rings (SSSR count). The van der Waals surface area contributed by atoms with Gasteiger partial charge in [-0.05, 0) is 29.8 Å². The number of thioether (sulfide) groups is 1. The second kappa shape index (κ2) is 10.8. The molecule has 12 heteroatoms. The summed E-state index contributed by atoms with van der Waals surface area (Å²) in [6.07, 6.45) is 0. The van der Waals surface area contributed by atoms with E-state index in [9.17, 15) is 19.2 Å². The van der Waals surface area contributed by atoms with Crippen molar-refractivity contribution in [3.8, 4) is 11.5 Å². The molecular weight excluding hydrogens is 554 g/mol. The van der Waals surface area contributed by atoms with Crippen LogP contribution in [0.5, 0.6) is 11.5 Å². The maximum Gasteiger partial charge on any atom is 0.308 e. The van der Waals surface area contributed by atoms with E-state index in [0.717, 1.165) is 16.9 Å². The van der Waals surface area contributed by atoms with Gasteiger partial charge in [-0.1, -0.05) is 47.4 Å². The van der Waals surface area contributed by atoms with Crippen molar-refractivity contribution in [2.24, 2.45) is 5.92 Å². The highest BCUT2D eigenvalue weighted by Crippen LogP contribution is 2.54. The van der Waals surface area contributed by atoms with Crippen molar-refractivity contribution >= 4 is 46.5 Å². The molecule has 0 aliphatic carbocycles. The summed E-state index contributed by atoms with van der Waals surface area (Å²) in [4.78, 5) is 57.6. The molecule has 4 heterocycles. The number of carbonyl (C=O) groups is 3. The fourth-order valence-corrected chi connectivity index (χ4v) is 8.31. The summed E-state index contributed by atoms with van der Waals surface area (Å²) < 4.78 is 17.8. The second-order valence-corrected chi connectivity index (χ2v) is 11.7. The van der Waals surface area contributed by atoms with Crippen LogP contribution in [0.1, 0.15) is 16.4 Å². The number of imide groups is 1. The third-order valence-electron chi connectivity index (χ3n) is 7.49. The minimum atomic E-state index is -0.767. The molecule has 2 aromatic carbocycles. The Hall–Kier alpha value is -3.61. The van der Waals surface area contributed by atoms with Crippen LogP contribution in [0.3, 0.4) is 0 Å². The van der Waals surface area contributed by atoms with Crippen LogP contribution in [-0.2, 0) is 25.7 Å². The highest BCUT2D eigenvalue weighted by Gasteiger charge is 2.57. The summed E-state index contributed by atoms with van der Waals surface area (Å²) in [6, 6.07) is 14.2. The molecule has 0 bridgehead atoms. The Balaban J connectivity index is 1.46. The van der Waals surface area contributed by atoms with Crippen LogP contribution < -0.4 is 19.2 Å². The molecule has 3 aliphatic heterocycles. The van der Waals surface area contributed by atoms with E-state index in [1.54, 1.807) is 41.3 Å². The average Bonchev–Trinajstić information content (AvgIpc) is 3.43. The van der Waals surface area contributed by atoms with Gasteiger partial charge in [0.05, 0.1) is 44.1 Å². The minimum absolute atomic E-state index is 0.141. The number of aromatic nitrogens is 1. The van der Waals surface area contributed by atoms with Crippen LogP contribution in [0.4, 0.5) is 5.69 Å². The number of benzene rings is 2. The van der Waals surface area contributed by atoms with Gasteiger partial charge >= 0.3 is 4.87 Å². The first-order valence-corrected chi connectivity index (χ1v) is 14.5. The first kappa shape index (κ1) is 26.6. The number of anilines is 1. The Kier molecular flexibility index (Phi) is 7.15. The maximum atomic E-state index is 14.0. The molecule has 40 heavy (non-hydrogen) atoms. The molecule has 1 aromatic heterocycles. The predicted octanol–water partition coefficient (Wildman–Crippen LogP) is 2.58. The molecule has 2 saturated heterocycles. The number of nitrogens with zero attached hydrogens (tertiary/aromatic N) is 3. The first-order chi connectivity index (χ1) is 19.4. The van der Waals surface area contributed by atoms with Crippen molar-refractivity contribution < 1.29 is 28.6 Å². The monoisotopic (exact) mass is 581 g/mol. The number of amides is 3. The second-order valence-electron chi connectivity index (χ2n) is 9.62. The summed E-state index contributed by atoms with van der Waals surface area (Å²) in [5.74, 6) is -1.19. The number of rotatable bonds is 6. The van der Waals surface area contributed by atoms with E-state index >= 15 is 0 Å². The van der Waals surface area contributed by atoms with Gasteiger partial charge in [-0.25, -0.2) is 4.90 Å². The minimum Gasteiger partial charge on any atom is -0.493 e. The smallest absolute Gasteiger partial charge is 0.308 e. The zero-order valence-corrected chi connectivity index (χ0v) is 23.5. The highest BCUT2D eigenvalue weighted by atomic mass is 32.2. The molecule has 3 amide bonds. The number of hydrogen-bond acceptors (Lipinski definition) is 9. The Bertz CT molecular complexity index is 1530. The van der Waals surface area contributed by atoms with Crippen molar-refractivity contribution in [3.05, 3.63) is 68.6 Å². The summed E-state index contributed by atoms with van der Waals surface area (Å²) in [6.45, 7) is 1.69. The number of para-hydroxylation sites is 1. The molecule has 3 aliphatic rings. The van der Waals surface area contributed by atoms with Gasteiger partial charge in [0.15, 0.2) is 11.5 Å². The van der Waals surface area contributed by atoms with Crippen LogP contribution in [0.2, 0.25) is 0 Å². The summed E-state index contributed by atoms with van der Waals surface area (Å²) >= 11 is 2.22. The number of ether oxygens (including phenoxy) is 3. The molecule has 0 radical (unpaired) electrons. The average molecular weight is 582 g/mol. The molecule has 0 spiro atoms. The summed E-state index contributed by atoms with van der Waals surface area (Å²) in [5, 5.41) is -0.217. The molecule has 10 nitrogen and oxygen atoms in total. The van der Waals surface area contributed by atoms with Gasteiger partial charge in [0.2, 0.25) is 17.7 Å². The van der Waals surface area contributed by atoms with E-state index in [-0.39, 0.29) is 29.1 Å². The van der Waals surface area contributed by atoms with Crippen LogP contribution in [0.25, 0.3) is 0 Å². The lowest BCUT2D eigenvalue weighted by atomic mass is 9.83. The van der Waals surface area contributed by atoms with Gasteiger partial charge in [-0.3, -0.25) is 23.7 Å². The molecule has 2 fully saturated rings. The van der Waals surface area contributed by atoms with Gasteiger partial charge in [-0.15, -0.1) is 0 Å². The Morgan fingerprint density at radius 3 is 2.40 bits per heavy atom. The van der Waals surface area contributed by atoms with Crippen LogP contribution in [0, 0.1) is 5.92 Å². The zero-order chi connectivity index (χ0) is 28.0. The third kappa shape index (κ3) is 4.40. The number of methoxy groups -OCH3 is 2. The lowest BCUT2D eigenvalue weighted by Crippen LogP contribution is -2.43. The molecule has 2 unspecified atom stereocenters. The van der Waals surface area contributed by atoms with Crippen molar-refractivity contribution in [2.45, 2.75) is 22.7 Å². The number of hydrogen-bond donors (Lipinski definition) is 0. The number of thiazole rings is 1. The Morgan fingerprint density at radius 1 is 0.975 bits per heavy atom. The van der Waals surface area contributed by atoms with E-state index < -0.39 is 17.1 Å². The number of carbonyl (C=O) groups excluding carboxylic acids is 3. The lowest BCUT2D eigenvalue weighted by Gasteiger charge is -2.31. The number of morpholine rings is 1. The zero-order valence-electron chi connectivity index (χ0n) is 21.9. The molecule has 0 N–H and O–H groups in total. The fraction of sp³-hybridized carbons (Fsp3) is 0.357. The molecule has 0 saturated carbocycles. The highest BCUT2D eigenvalue weighted by molar-refractivity contribution is 8.00. The lowest BCUT2D eigenvalue weighted by molar-refractivity contribution is -0.136. The summed E-state index contributed by atoms with van der Waals surface area (Å²) in [5.41, 5.74) is 1.22. The fourth-order valence-electron chi connectivity index (χ4n) is 5.54. The molecule has 3 aromatic rings. The Morgan fingerprint density at radius 2 is 1.70 bits per heavy atom. The van der Waals surface area contributed by atoms with E-state index in [4.69, 9.17) is 14.2 Å². The van der Waals surface area contributed by atoms with E-state index in [2.05, 4.69) is 0 Å². The van der Waals surface area contributed by atoms with Crippen molar-refractivity contribution in [1.82, 2.24) is 9.47 Å². The largest absolute Gasteiger partial charge is 0.493 e. The van der Waals surface area contributed by atoms with Crippen molar-refractivity contribution in [2.75, 3.05) is 45.4 Å². The van der Waals surface area contributed by atoms with Crippen molar-refractivity contribution in [1.29, 1.82) is 0 Å². The van der Waals surface area contributed by atoms with E-state index in [1.165, 1.54) is 35.4 Å². The van der Waals surface area contributed by atoms with E-state index in [0.29, 0.717) is 53.4 Å². The van der Waals surface area contributed by atoms with Gasteiger partial charge in [-0.2, -0.15) is 0 Å². The quantitative estimate of drug-likeness (QED) is 0.409. The van der Waals surface area contributed by atoms with Crippen LogP contribution in [-0.4, -0.2) is 73.0 Å². The summed E-state index contributed by atoms with van der Waals surface area (Å²) in [7, 11) is 3.07. The molecule has 3 atom stereocenters. The van der Waals surface area contributed by atoms with Gasteiger partial charge in [0, 0.05) is 23.9 Å². The molecular formula is C28H27N3O7S2. The topological polar surface area (TPSA) is 107 Å². The molecule has 208 valence electrons. The maximum absolute atomic E-state index is 14.0. The van der Waals surface area contributed by atoms with Gasteiger partial charge in [0.1, 0.15) is 11.8 Å². The van der Waals surface area contributed by atoms with Crippen LogP contribution in [0.15, 0.2) is 58.4 Å². The third-order valence-corrected chi connectivity index (χ3v) is 10.1. The van der Waals surface area contributed by atoms with E-state index in [1.807, 2.05) is 12.1 Å². The van der Waals surface area contributed by atoms with Crippen molar-refractivity contribution in [3.63, 3.8) is 0 Å². The van der Waals surface area contributed by atoms with Gasteiger partial charge in [0.25, 0.3) is 0 Å². The Labute approximate surface area is 238 Å². The SMILES string of the molecule is COc1ccc([C@H]2c3sc(=O)n(CC(=O)N4CCOCC4)c3SC3C(=O)N(c4ccccc4)C(=O)C32)cc1OC.